The van der Waals surface area contributed by atoms with E-state index >= 15 is 0 Å². The Labute approximate surface area is 137 Å². The summed E-state index contributed by atoms with van der Waals surface area (Å²) in [5.41, 5.74) is 9.86. The van der Waals surface area contributed by atoms with Gasteiger partial charge >= 0.3 is 0 Å². The summed E-state index contributed by atoms with van der Waals surface area (Å²) in [5.74, 6) is -0.427. The van der Waals surface area contributed by atoms with Crippen LogP contribution < -0.4 is 11.1 Å². The number of carbonyl (C=O) groups is 1. The molecule has 23 heavy (non-hydrogen) atoms. The van der Waals surface area contributed by atoms with E-state index in [1.807, 2.05) is 43.4 Å². The molecule has 3 nitrogen and oxygen atoms in total. The van der Waals surface area contributed by atoms with Gasteiger partial charge in [0.15, 0.2) is 0 Å². The first-order chi connectivity index (χ1) is 11.1. The van der Waals surface area contributed by atoms with E-state index in [9.17, 15) is 4.79 Å². The van der Waals surface area contributed by atoms with Crippen molar-refractivity contribution in [3.63, 3.8) is 0 Å². The highest BCUT2D eigenvalue weighted by molar-refractivity contribution is 6.01. The largest absolute Gasteiger partial charge is 0.377 e. The molecule has 2 rings (SSSR count). The first-order valence-electron chi connectivity index (χ1n) is 7.53. The molecule has 0 aliphatic carbocycles. The normalized spacial score (nSPS) is 20.0. The van der Waals surface area contributed by atoms with Crippen molar-refractivity contribution >= 4 is 17.2 Å². The second-order valence-corrected chi connectivity index (χ2v) is 5.34. The van der Waals surface area contributed by atoms with Crippen molar-refractivity contribution in [3.05, 3.63) is 85.0 Å². The van der Waals surface area contributed by atoms with Gasteiger partial charge in [0.25, 0.3) is 5.91 Å². The van der Waals surface area contributed by atoms with Crippen LogP contribution in [0.5, 0.6) is 0 Å². The predicted molar refractivity (Wildman–Crippen MR) is 98.5 cm³/mol. The van der Waals surface area contributed by atoms with Crippen molar-refractivity contribution in [2.75, 3.05) is 5.32 Å². The van der Waals surface area contributed by atoms with E-state index in [0.717, 1.165) is 22.4 Å². The smallest absolute Gasteiger partial charge is 0.250 e. The molecule has 0 spiro atoms. The number of hydrogen-bond acceptors (Lipinski definition) is 2. The van der Waals surface area contributed by atoms with Crippen molar-refractivity contribution in [2.45, 2.75) is 18.9 Å². The maximum absolute atomic E-state index is 11.8. The van der Waals surface area contributed by atoms with Crippen LogP contribution in [0.3, 0.4) is 0 Å². The molecular weight excluding hydrogens is 284 g/mol. The number of allylic oxidation sites excluding steroid dienone is 5. The Bertz CT molecular complexity index is 725. The summed E-state index contributed by atoms with van der Waals surface area (Å²) in [6, 6.07) is 3.67. The van der Waals surface area contributed by atoms with Crippen LogP contribution >= 0.6 is 0 Å². The van der Waals surface area contributed by atoms with Crippen LogP contribution in [0.2, 0.25) is 0 Å². The predicted octanol–water partition coefficient (Wildman–Crippen LogP) is 4.18. The molecule has 3 heteroatoms. The molecule has 3 N–H and O–H groups in total. The molecule has 1 heterocycles. The minimum atomic E-state index is -0.451. The summed E-state index contributed by atoms with van der Waals surface area (Å²) >= 11 is 0. The number of hydrogen-bond donors (Lipinski definition) is 2. The number of rotatable bonds is 6. The minimum absolute atomic E-state index is 0.0164. The lowest BCUT2D eigenvalue weighted by atomic mass is 9.86. The van der Waals surface area contributed by atoms with E-state index < -0.39 is 5.91 Å². The third kappa shape index (κ3) is 2.90. The molecule has 0 bridgehead atoms. The van der Waals surface area contributed by atoms with Crippen LogP contribution in [-0.2, 0) is 0 Å². The van der Waals surface area contributed by atoms with E-state index in [-0.39, 0.29) is 12.0 Å². The Morgan fingerprint density at radius 3 is 2.43 bits per heavy atom. The molecule has 0 saturated carbocycles. The van der Waals surface area contributed by atoms with Gasteiger partial charge in [-0.25, -0.2) is 0 Å². The zero-order chi connectivity index (χ0) is 17.0. The van der Waals surface area contributed by atoms with Gasteiger partial charge < -0.3 is 11.1 Å². The summed E-state index contributed by atoms with van der Waals surface area (Å²) in [7, 11) is 0. The van der Waals surface area contributed by atoms with Crippen LogP contribution in [0, 0.1) is 0 Å². The quantitative estimate of drug-likeness (QED) is 0.612. The summed E-state index contributed by atoms with van der Waals surface area (Å²) < 4.78 is 0. The molecule has 1 aromatic carbocycles. The van der Waals surface area contributed by atoms with Crippen molar-refractivity contribution < 1.29 is 4.79 Å². The minimum Gasteiger partial charge on any atom is -0.377 e. The fourth-order valence-corrected chi connectivity index (χ4v) is 3.03. The molecule has 118 valence electrons. The SMILES string of the molecule is C=C/C=C(\C=C/C)c1ccc(C(N)=O)c2c1C(C=C)C(C=C)N2. The number of nitrogens with two attached hydrogens (primary N) is 1. The maximum Gasteiger partial charge on any atom is 0.250 e. The van der Waals surface area contributed by atoms with Gasteiger partial charge in [0.05, 0.1) is 17.3 Å². The standard InChI is InChI=1S/C20H22N2O/c1-5-9-13(10-6-2)15-11-12-16(20(21)23)19-18(15)14(7-3)17(8-4)22-19/h5-12,14,17,22H,1,3-4H2,2H3,(H2,21,23)/b10-6-,13-9+. The number of carbonyl (C=O) groups excluding carboxylic acids is 1. The Kier molecular flexibility index (Phi) is 5.02. The molecule has 2 unspecified atom stereocenters. The molecule has 0 radical (unpaired) electrons. The molecule has 0 aromatic heterocycles. The van der Waals surface area contributed by atoms with Crippen molar-refractivity contribution in [2.24, 2.45) is 5.73 Å². The van der Waals surface area contributed by atoms with Gasteiger partial charge in [-0.3, -0.25) is 4.79 Å². The number of fused-ring (bicyclic) bond motifs is 1. The van der Waals surface area contributed by atoms with Gasteiger partial charge in [-0.2, -0.15) is 0 Å². The van der Waals surface area contributed by atoms with Crippen molar-refractivity contribution in [1.82, 2.24) is 0 Å². The number of anilines is 1. The molecule has 1 aliphatic heterocycles. The number of nitrogens with one attached hydrogen (secondary N) is 1. The zero-order valence-electron chi connectivity index (χ0n) is 13.4. The molecule has 1 amide bonds. The Morgan fingerprint density at radius 2 is 1.91 bits per heavy atom. The van der Waals surface area contributed by atoms with Crippen LogP contribution in [0.25, 0.3) is 5.57 Å². The zero-order valence-corrected chi connectivity index (χ0v) is 13.4. The lowest BCUT2D eigenvalue weighted by molar-refractivity contribution is 0.100. The molecule has 0 fully saturated rings. The average molecular weight is 306 g/mol. The number of amides is 1. The topological polar surface area (TPSA) is 55.1 Å². The molecule has 2 atom stereocenters. The lowest BCUT2D eigenvalue weighted by Crippen LogP contribution is -2.17. The molecule has 1 aromatic rings. The Morgan fingerprint density at radius 1 is 1.22 bits per heavy atom. The van der Waals surface area contributed by atoms with Crippen molar-refractivity contribution in [3.8, 4) is 0 Å². The molecule has 1 aliphatic rings. The second kappa shape index (κ2) is 6.97. The highest BCUT2D eigenvalue weighted by Gasteiger charge is 2.33. The lowest BCUT2D eigenvalue weighted by Gasteiger charge is -2.16. The summed E-state index contributed by atoms with van der Waals surface area (Å²) in [6.45, 7) is 13.6. The third-order valence-corrected chi connectivity index (χ3v) is 4.00. The van der Waals surface area contributed by atoms with Crippen LogP contribution in [-0.4, -0.2) is 11.9 Å². The van der Waals surface area contributed by atoms with Crippen LogP contribution in [0.1, 0.15) is 34.3 Å². The van der Waals surface area contributed by atoms with E-state index in [2.05, 4.69) is 25.1 Å². The van der Waals surface area contributed by atoms with Gasteiger partial charge in [0, 0.05) is 5.92 Å². The number of benzene rings is 1. The van der Waals surface area contributed by atoms with Crippen LogP contribution in [0.4, 0.5) is 5.69 Å². The number of primary amides is 1. The Balaban J connectivity index is 2.78. The summed E-state index contributed by atoms with van der Waals surface area (Å²) in [4.78, 5) is 11.8. The van der Waals surface area contributed by atoms with Gasteiger partial charge in [-0.15, -0.1) is 13.2 Å². The molecular formula is C20H22N2O. The fraction of sp³-hybridized carbons (Fsp3) is 0.150. The second-order valence-electron chi connectivity index (χ2n) is 5.34. The van der Waals surface area contributed by atoms with E-state index in [0.29, 0.717) is 5.56 Å². The highest BCUT2D eigenvalue weighted by atomic mass is 16.1. The van der Waals surface area contributed by atoms with E-state index in [4.69, 9.17) is 5.73 Å². The van der Waals surface area contributed by atoms with Crippen molar-refractivity contribution in [1.29, 1.82) is 0 Å². The molecule has 0 saturated heterocycles. The summed E-state index contributed by atoms with van der Waals surface area (Å²) in [6.07, 6.45) is 11.4. The van der Waals surface area contributed by atoms with Gasteiger partial charge in [-0.1, -0.05) is 49.1 Å². The van der Waals surface area contributed by atoms with Gasteiger partial charge in [-0.05, 0) is 29.7 Å². The van der Waals surface area contributed by atoms with E-state index in [1.54, 1.807) is 12.1 Å². The van der Waals surface area contributed by atoms with Gasteiger partial charge in [0.2, 0.25) is 0 Å². The third-order valence-electron chi connectivity index (χ3n) is 4.00. The monoisotopic (exact) mass is 306 g/mol. The highest BCUT2D eigenvalue weighted by Crippen LogP contribution is 2.43. The average Bonchev–Trinajstić information content (AvgIpc) is 2.92. The maximum atomic E-state index is 11.8. The first-order valence-corrected chi connectivity index (χ1v) is 7.53. The fourth-order valence-electron chi connectivity index (χ4n) is 3.03. The summed E-state index contributed by atoms with van der Waals surface area (Å²) in [5, 5.41) is 3.35. The first kappa shape index (κ1) is 16.6. The Hall–Kier alpha value is -2.81. The van der Waals surface area contributed by atoms with Crippen LogP contribution in [0.15, 0.2) is 68.3 Å². The van der Waals surface area contributed by atoms with Gasteiger partial charge in [0.1, 0.15) is 0 Å². The van der Waals surface area contributed by atoms with E-state index in [1.165, 1.54) is 0 Å².